The fourth-order valence-corrected chi connectivity index (χ4v) is 2.21. The lowest BCUT2D eigenvalue weighted by Crippen LogP contribution is -2.28. The molecule has 6 heteroatoms. The molecule has 2 rings (SSSR count). The van der Waals surface area contributed by atoms with Gasteiger partial charge in [0, 0.05) is 31.3 Å². The van der Waals surface area contributed by atoms with Crippen LogP contribution < -0.4 is 4.74 Å². The van der Waals surface area contributed by atoms with E-state index in [0.29, 0.717) is 30.9 Å². The molecule has 0 bridgehead atoms. The molecular formula is C17H20FN3O2. The highest BCUT2D eigenvalue weighted by atomic mass is 19.1. The van der Waals surface area contributed by atoms with E-state index in [1.807, 2.05) is 6.20 Å². The summed E-state index contributed by atoms with van der Waals surface area (Å²) in [6, 6.07) is 4.76. The van der Waals surface area contributed by atoms with Crippen LogP contribution in [0.1, 0.15) is 18.2 Å². The van der Waals surface area contributed by atoms with Gasteiger partial charge in [0.05, 0.1) is 32.2 Å². The fourth-order valence-electron chi connectivity index (χ4n) is 2.21. The maximum atomic E-state index is 14.0. The molecule has 1 amide bonds. The van der Waals surface area contributed by atoms with Crippen molar-refractivity contribution in [2.45, 2.75) is 20.0 Å². The smallest absolute Gasteiger partial charge is 0.220 e. The second kappa shape index (κ2) is 7.58. The molecule has 0 atom stereocenters. The van der Waals surface area contributed by atoms with E-state index in [-0.39, 0.29) is 11.7 Å². The zero-order chi connectivity index (χ0) is 16.8. The third-order valence-electron chi connectivity index (χ3n) is 3.45. The Morgan fingerprint density at radius 1 is 1.52 bits per heavy atom. The molecule has 1 heterocycles. The number of benzene rings is 1. The minimum atomic E-state index is -0.323. The van der Waals surface area contributed by atoms with E-state index in [1.54, 1.807) is 34.0 Å². The molecule has 2 aromatic rings. The van der Waals surface area contributed by atoms with Gasteiger partial charge in [-0.1, -0.05) is 12.1 Å². The van der Waals surface area contributed by atoms with E-state index in [4.69, 9.17) is 4.74 Å². The molecule has 1 aromatic carbocycles. The van der Waals surface area contributed by atoms with Crippen LogP contribution in [0.15, 0.2) is 43.4 Å². The lowest BCUT2D eigenvalue weighted by molar-refractivity contribution is -0.128. The highest BCUT2D eigenvalue weighted by Crippen LogP contribution is 2.17. The van der Waals surface area contributed by atoms with Crippen molar-refractivity contribution in [1.82, 2.24) is 14.5 Å². The first-order valence-corrected chi connectivity index (χ1v) is 7.23. The monoisotopic (exact) mass is 317 g/mol. The summed E-state index contributed by atoms with van der Waals surface area (Å²) in [6.45, 7) is 6.38. The van der Waals surface area contributed by atoms with Crippen LogP contribution >= 0.6 is 0 Å². The third kappa shape index (κ3) is 4.42. The number of rotatable bonds is 7. The number of halogens is 1. The molecule has 23 heavy (non-hydrogen) atoms. The van der Waals surface area contributed by atoms with Crippen molar-refractivity contribution in [1.29, 1.82) is 0 Å². The standard InChI is InChI=1S/C17H20FN3O2/c1-4-7-21(13(2)22)11-15-10-20(12-19-15)9-14-5-6-16(23-3)8-17(14)18/h4-6,8,10,12H,1,7,9,11H2,2-3H3. The fraction of sp³-hybridized carbons (Fsp3) is 0.294. The number of amides is 1. The minimum absolute atomic E-state index is 0.0411. The number of carbonyl (C=O) groups is 1. The van der Waals surface area contributed by atoms with Crippen molar-refractivity contribution in [3.8, 4) is 5.75 Å². The molecule has 0 saturated carbocycles. The van der Waals surface area contributed by atoms with E-state index < -0.39 is 0 Å². The Hall–Kier alpha value is -2.63. The highest BCUT2D eigenvalue weighted by Gasteiger charge is 2.10. The summed E-state index contributed by atoms with van der Waals surface area (Å²) in [5, 5.41) is 0. The second-order valence-corrected chi connectivity index (χ2v) is 5.18. The van der Waals surface area contributed by atoms with Crippen LogP contribution in [-0.4, -0.2) is 34.0 Å². The molecule has 122 valence electrons. The predicted octanol–water partition coefficient (Wildman–Crippen LogP) is 2.61. The molecule has 1 aromatic heterocycles. The van der Waals surface area contributed by atoms with Crippen molar-refractivity contribution in [2.24, 2.45) is 0 Å². The number of carbonyl (C=O) groups excluding carboxylic acids is 1. The molecule has 0 fully saturated rings. The first-order chi connectivity index (χ1) is 11.0. The summed E-state index contributed by atoms with van der Waals surface area (Å²) in [5.41, 5.74) is 1.29. The van der Waals surface area contributed by atoms with Crippen LogP contribution in [0.5, 0.6) is 5.75 Å². The summed E-state index contributed by atoms with van der Waals surface area (Å²) in [5.74, 6) is 0.122. The van der Waals surface area contributed by atoms with Gasteiger partial charge in [0.15, 0.2) is 0 Å². The molecule has 0 spiro atoms. The summed E-state index contributed by atoms with van der Waals surface area (Å²) < 4.78 is 20.7. The average Bonchev–Trinajstić information content (AvgIpc) is 2.96. The third-order valence-corrected chi connectivity index (χ3v) is 3.45. The van der Waals surface area contributed by atoms with Gasteiger partial charge < -0.3 is 14.2 Å². The lowest BCUT2D eigenvalue weighted by Gasteiger charge is -2.17. The maximum absolute atomic E-state index is 14.0. The number of hydrogen-bond donors (Lipinski definition) is 0. The molecule has 0 saturated heterocycles. The molecule has 0 radical (unpaired) electrons. The summed E-state index contributed by atoms with van der Waals surface area (Å²) in [6.07, 6.45) is 5.11. The van der Waals surface area contributed by atoms with Crippen molar-refractivity contribution in [3.05, 3.63) is 60.5 Å². The number of ether oxygens (including phenoxy) is 1. The molecule has 5 nitrogen and oxygen atoms in total. The Morgan fingerprint density at radius 2 is 2.30 bits per heavy atom. The number of methoxy groups -OCH3 is 1. The summed E-state index contributed by atoms with van der Waals surface area (Å²) in [7, 11) is 1.50. The van der Waals surface area contributed by atoms with Crippen molar-refractivity contribution in [2.75, 3.05) is 13.7 Å². The topological polar surface area (TPSA) is 47.4 Å². The van der Waals surface area contributed by atoms with Crippen molar-refractivity contribution < 1.29 is 13.9 Å². The molecule has 0 N–H and O–H groups in total. The van der Waals surface area contributed by atoms with E-state index >= 15 is 0 Å². The zero-order valence-corrected chi connectivity index (χ0v) is 13.3. The van der Waals surface area contributed by atoms with Crippen LogP contribution in [0.2, 0.25) is 0 Å². The van der Waals surface area contributed by atoms with Crippen LogP contribution in [0.25, 0.3) is 0 Å². The van der Waals surface area contributed by atoms with Crippen LogP contribution in [0.3, 0.4) is 0 Å². The normalized spacial score (nSPS) is 10.4. The summed E-state index contributed by atoms with van der Waals surface area (Å²) >= 11 is 0. The number of hydrogen-bond acceptors (Lipinski definition) is 3. The first kappa shape index (κ1) is 16.7. The number of aromatic nitrogens is 2. The van der Waals surface area contributed by atoms with Crippen molar-refractivity contribution in [3.63, 3.8) is 0 Å². The van der Waals surface area contributed by atoms with Gasteiger partial charge in [0.25, 0.3) is 0 Å². The summed E-state index contributed by atoms with van der Waals surface area (Å²) in [4.78, 5) is 17.4. The Labute approximate surface area is 135 Å². The van der Waals surface area contributed by atoms with E-state index in [2.05, 4.69) is 11.6 Å². The largest absolute Gasteiger partial charge is 0.497 e. The molecular weight excluding hydrogens is 297 g/mol. The quantitative estimate of drug-likeness (QED) is 0.738. The number of nitrogens with zero attached hydrogens (tertiary/aromatic N) is 3. The SMILES string of the molecule is C=CCN(Cc1cn(Cc2ccc(OC)cc2F)cn1)C(C)=O. The first-order valence-electron chi connectivity index (χ1n) is 7.23. The van der Waals surface area contributed by atoms with Gasteiger partial charge in [-0.25, -0.2) is 9.37 Å². The predicted molar refractivity (Wildman–Crippen MR) is 85.6 cm³/mol. The molecule has 0 aliphatic carbocycles. The van der Waals surface area contributed by atoms with Crippen LogP contribution in [0.4, 0.5) is 4.39 Å². The van der Waals surface area contributed by atoms with Gasteiger partial charge in [0.1, 0.15) is 11.6 Å². The molecule has 0 unspecified atom stereocenters. The molecule has 0 aliphatic heterocycles. The van der Waals surface area contributed by atoms with E-state index in [9.17, 15) is 9.18 Å². The minimum Gasteiger partial charge on any atom is -0.497 e. The Morgan fingerprint density at radius 3 is 2.91 bits per heavy atom. The van der Waals surface area contributed by atoms with Gasteiger partial charge in [-0.3, -0.25) is 4.79 Å². The van der Waals surface area contributed by atoms with Gasteiger partial charge in [-0.2, -0.15) is 0 Å². The van der Waals surface area contributed by atoms with Crippen LogP contribution in [0, 0.1) is 5.82 Å². The Bertz CT molecular complexity index is 697. The Balaban J connectivity index is 2.07. The van der Waals surface area contributed by atoms with Gasteiger partial charge in [0.2, 0.25) is 5.91 Å². The Kier molecular flexibility index (Phi) is 5.51. The zero-order valence-electron chi connectivity index (χ0n) is 13.3. The van der Waals surface area contributed by atoms with Gasteiger partial charge in [-0.15, -0.1) is 6.58 Å². The van der Waals surface area contributed by atoms with E-state index in [1.165, 1.54) is 20.1 Å². The van der Waals surface area contributed by atoms with Crippen molar-refractivity contribution >= 4 is 5.91 Å². The number of imidazole rings is 1. The average molecular weight is 317 g/mol. The lowest BCUT2D eigenvalue weighted by atomic mass is 10.2. The highest BCUT2D eigenvalue weighted by molar-refractivity contribution is 5.73. The van der Waals surface area contributed by atoms with Crippen LogP contribution in [-0.2, 0) is 17.9 Å². The van der Waals surface area contributed by atoms with E-state index in [0.717, 1.165) is 5.69 Å². The molecule has 0 aliphatic rings. The van der Waals surface area contributed by atoms with Gasteiger partial charge in [-0.05, 0) is 6.07 Å². The maximum Gasteiger partial charge on any atom is 0.220 e. The van der Waals surface area contributed by atoms with Gasteiger partial charge >= 0.3 is 0 Å². The second-order valence-electron chi connectivity index (χ2n) is 5.18.